The van der Waals surface area contributed by atoms with Crippen LogP contribution in [0.2, 0.25) is 0 Å². The fourth-order valence-electron chi connectivity index (χ4n) is 2.16. The van der Waals surface area contributed by atoms with Gasteiger partial charge in [-0.2, -0.15) is 0 Å². The van der Waals surface area contributed by atoms with Gasteiger partial charge in [-0.05, 0) is 12.8 Å². The molecule has 2 fully saturated rings. The Kier molecular flexibility index (Phi) is 5.40. The smallest absolute Gasteiger partial charge is 0.159 e. The van der Waals surface area contributed by atoms with E-state index in [1.807, 2.05) is 0 Å². The molecule has 0 aromatic rings. The summed E-state index contributed by atoms with van der Waals surface area (Å²) in [6.45, 7) is -0.143. The molecule has 8 heteroatoms. The monoisotopic (exact) mass is 294 g/mol. The highest BCUT2D eigenvalue weighted by Gasteiger charge is 2.48. The number of hydrogen-bond acceptors (Lipinski definition) is 6. The SMILES string of the molecule is OCC[C@H]1O[C@@H]2SC(=NCCCF)N[C@@H]2[C@@H](O)[C@@H]1O. The molecule has 2 rings (SSSR count). The Morgan fingerprint density at radius 1 is 1.37 bits per heavy atom. The number of nitrogens with one attached hydrogen (secondary N) is 1. The number of nitrogens with zero attached hydrogens (tertiary/aromatic N) is 1. The van der Waals surface area contributed by atoms with Gasteiger partial charge < -0.3 is 25.4 Å². The number of ether oxygens (including phenoxy) is 1. The predicted octanol–water partition coefficient (Wildman–Crippen LogP) is -0.764. The lowest BCUT2D eigenvalue weighted by molar-refractivity contribution is -0.160. The molecule has 0 amide bonds. The van der Waals surface area contributed by atoms with E-state index in [0.29, 0.717) is 18.1 Å². The van der Waals surface area contributed by atoms with Crippen molar-refractivity contribution in [2.45, 2.75) is 42.6 Å². The van der Waals surface area contributed by atoms with Gasteiger partial charge in [-0.25, -0.2) is 0 Å². The van der Waals surface area contributed by atoms with E-state index < -0.39 is 31.0 Å². The first-order valence-electron chi connectivity index (χ1n) is 6.33. The minimum atomic E-state index is -1.04. The van der Waals surface area contributed by atoms with Crippen LogP contribution in [-0.4, -0.2) is 70.1 Å². The average Bonchev–Trinajstić information content (AvgIpc) is 2.79. The molecule has 2 saturated heterocycles. The highest BCUT2D eigenvalue weighted by Crippen LogP contribution is 2.34. The van der Waals surface area contributed by atoms with Crippen LogP contribution in [-0.2, 0) is 4.74 Å². The molecule has 0 aromatic heterocycles. The molecule has 0 aromatic carbocycles. The number of amidine groups is 1. The molecule has 4 N–H and O–H groups in total. The maximum absolute atomic E-state index is 12.0. The van der Waals surface area contributed by atoms with E-state index in [0.717, 1.165) is 0 Å². The van der Waals surface area contributed by atoms with Crippen LogP contribution in [0.3, 0.4) is 0 Å². The van der Waals surface area contributed by atoms with Gasteiger partial charge in [-0.15, -0.1) is 0 Å². The number of aliphatic hydroxyl groups excluding tert-OH is 3. The summed E-state index contributed by atoms with van der Waals surface area (Å²) >= 11 is 1.32. The number of hydrogen-bond donors (Lipinski definition) is 4. The van der Waals surface area contributed by atoms with Gasteiger partial charge in [0.1, 0.15) is 17.6 Å². The highest BCUT2D eigenvalue weighted by molar-refractivity contribution is 8.14. The molecule has 0 bridgehead atoms. The van der Waals surface area contributed by atoms with Crippen molar-refractivity contribution in [2.75, 3.05) is 19.8 Å². The van der Waals surface area contributed by atoms with Gasteiger partial charge in [-0.3, -0.25) is 9.38 Å². The van der Waals surface area contributed by atoms with Crippen molar-refractivity contribution in [3.63, 3.8) is 0 Å². The third-order valence-electron chi connectivity index (χ3n) is 3.18. The molecule has 5 atom stereocenters. The molecule has 19 heavy (non-hydrogen) atoms. The standard InChI is InChI=1S/C11H19FN2O4S/c12-3-1-4-13-11-14-7-9(17)8(16)6(2-5-15)18-10(7)19-11/h6-10,15-17H,1-5H2,(H,13,14)/t6-,7-,8-,9-,10-/m1/s1. The van der Waals surface area contributed by atoms with E-state index in [-0.39, 0.29) is 18.5 Å². The van der Waals surface area contributed by atoms with Crippen LogP contribution in [0, 0.1) is 0 Å². The van der Waals surface area contributed by atoms with Crippen LogP contribution in [0.15, 0.2) is 4.99 Å². The second-order valence-corrected chi connectivity index (χ2v) is 5.64. The predicted molar refractivity (Wildman–Crippen MR) is 69.8 cm³/mol. The van der Waals surface area contributed by atoms with Gasteiger partial charge in [-0.1, -0.05) is 11.8 Å². The molecule has 0 spiro atoms. The molecule has 0 aliphatic carbocycles. The molecular formula is C11H19FN2O4S. The van der Waals surface area contributed by atoms with E-state index >= 15 is 0 Å². The minimum absolute atomic E-state index is 0.110. The zero-order valence-corrected chi connectivity index (χ0v) is 11.2. The lowest BCUT2D eigenvalue weighted by atomic mass is 9.96. The largest absolute Gasteiger partial charge is 0.396 e. The number of fused-ring (bicyclic) bond motifs is 1. The molecule has 0 unspecified atom stereocenters. The summed E-state index contributed by atoms with van der Waals surface area (Å²) in [7, 11) is 0. The number of aliphatic imine (C=N–C) groups is 1. The minimum Gasteiger partial charge on any atom is -0.396 e. The number of halogens is 1. The third-order valence-corrected chi connectivity index (χ3v) is 4.29. The topological polar surface area (TPSA) is 94.3 Å². The van der Waals surface area contributed by atoms with Crippen molar-refractivity contribution < 1.29 is 24.4 Å². The van der Waals surface area contributed by atoms with Crippen molar-refractivity contribution >= 4 is 16.9 Å². The summed E-state index contributed by atoms with van der Waals surface area (Å²) < 4.78 is 17.6. The fraction of sp³-hybridized carbons (Fsp3) is 0.909. The number of aliphatic hydroxyl groups is 3. The maximum Gasteiger partial charge on any atom is 0.159 e. The number of rotatable bonds is 5. The molecule has 2 aliphatic rings. The molecule has 0 saturated carbocycles. The summed E-state index contributed by atoms with van der Waals surface area (Å²) in [5.41, 5.74) is -0.348. The Labute approximate surface area is 115 Å². The second kappa shape index (κ2) is 6.85. The fourth-order valence-corrected chi connectivity index (χ4v) is 3.33. The van der Waals surface area contributed by atoms with Gasteiger partial charge in [0.2, 0.25) is 0 Å². The van der Waals surface area contributed by atoms with Crippen LogP contribution in [0.5, 0.6) is 0 Å². The summed E-state index contributed by atoms with van der Waals surface area (Å²) in [6.07, 6.45) is -1.96. The lowest BCUT2D eigenvalue weighted by Gasteiger charge is -2.38. The van der Waals surface area contributed by atoms with E-state index in [1.54, 1.807) is 0 Å². The van der Waals surface area contributed by atoms with E-state index in [4.69, 9.17) is 9.84 Å². The molecule has 2 aliphatic heterocycles. The van der Waals surface area contributed by atoms with E-state index in [2.05, 4.69) is 10.3 Å². The second-order valence-electron chi connectivity index (χ2n) is 4.55. The summed E-state index contributed by atoms with van der Waals surface area (Å²) in [6, 6.07) is -0.431. The Morgan fingerprint density at radius 3 is 2.84 bits per heavy atom. The summed E-state index contributed by atoms with van der Waals surface area (Å²) in [4.78, 5) is 4.17. The van der Waals surface area contributed by atoms with Crippen molar-refractivity contribution in [2.24, 2.45) is 4.99 Å². The van der Waals surface area contributed by atoms with Gasteiger partial charge in [0, 0.05) is 13.2 Å². The number of thioether (sulfide) groups is 1. The zero-order chi connectivity index (χ0) is 13.8. The van der Waals surface area contributed by atoms with Crippen molar-refractivity contribution in [1.29, 1.82) is 0 Å². The maximum atomic E-state index is 12.0. The highest BCUT2D eigenvalue weighted by atomic mass is 32.2. The first kappa shape index (κ1) is 15.0. The lowest BCUT2D eigenvalue weighted by Crippen LogP contribution is -2.58. The van der Waals surface area contributed by atoms with Crippen molar-refractivity contribution in [3.8, 4) is 0 Å². The third kappa shape index (κ3) is 3.38. The Hall–Kier alpha value is -0.410. The quantitative estimate of drug-likeness (QED) is 0.498. The van der Waals surface area contributed by atoms with Crippen LogP contribution in [0.25, 0.3) is 0 Å². The number of alkyl halides is 1. The molecule has 110 valence electrons. The zero-order valence-electron chi connectivity index (χ0n) is 10.4. The van der Waals surface area contributed by atoms with E-state index in [1.165, 1.54) is 11.8 Å². The van der Waals surface area contributed by atoms with Crippen molar-refractivity contribution in [1.82, 2.24) is 5.32 Å². The van der Waals surface area contributed by atoms with Crippen LogP contribution in [0.4, 0.5) is 4.39 Å². The van der Waals surface area contributed by atoms with Gasteiger partial charge in [0.05, 0.1) is 18.8 Å². The Balaban J connectivity index is 1.97. The van der Waals surface area contributed by atoms with Gasteiger partial charge in [0.25, 0.3) is 0 Å². The van der Waals surface area contributed by atoms with Crippen LogP contribution >= 0.6 is 11.8 Å². The molecular weight excluding hydrogens is 275 g/mol. The first-order chi connectivity index (χ1) is 9.17. The first-order valence-corrected chi connectivity index (χ1v) is 7.21. The normalized spacial score (nSPS) is 40.2. The Bertz CT molecular complexity index is 334. The summed E-state index contributed by atoms with van der Waals surface area (Å²) in [5.74, 6) is 0. The molecule has 6 nitrogen and oxygen atoms in total. The molecule has 0 radical (unpaired) electrons. The van der Waals surface area contributed by atoms with E-state index in [9.17, 15) is 14.6 Å². The molecule has 2 heterocycles. The average molecular weight is 294 g/mol. The summed E-state index contributed by atoms with van der Waals surface area (Å²) in [5, 5.41) is 32.4. The Morgan fingerprint density at radius 2 is 2.16 bits per heavy atom. The van der Waals surface area contributed by atoms with Crippen molar-refractivity contribution in [3.05, 3.63) is 0 Å². The van der Waals surface area contributed by atoms with Gasteiger partial charge in [0.15, 0.2) is 5.17 Å². The van der Waals surface area contributed by atoms with Crippen LogP contribution < -0.4 is 5.32 Å². The van der Waals surface area contributed by atoms with Gasteiger partial charge >= 0.3 is 0 Å². The van der Waals surface area contributed by atoms with Crippen LogP contribution in [0.1, 0.15) is 12.8 Å².